The van der Waals surface area contributed by atoms with Crippen LogP contribution in [0.5, 0.6) is 0 Å². The molecule has 0 bridgehead atoms. The molecule has 0 spiro atoms. The second kappa shape index (κ2) is 4.72. The molecule has 0 atom stereocenters. The van der Waals surface area contributed by atoms with Crippen LogP contribution in [0.4, 0.5) is 0 Å². The molecule has 0 saturated carbocycles. The van der Waals surface area contributed by atoms with Crippen molar-refractivity contribution in [1.29, 1.82) is 0 Å². The first-order chi connectivity index (χ1) is 7.63. The highest BCUT2D eigenvalue weighted by atomic mass is 16.3. The highest BCUT2D eigenvalue weighted by Crippen LogP contribution is 2.25. The first-order valence-corrected chi connectivity index (χ1v) is 6.35. The number of hydrogen-bond acceptors (Lipinski definition) is 3. The number of likely N-dealkylation sites (tertiary alicyclic amines) is 2. The third-order valence-corrected chi connectivity index (χ3v) is 3.57. The fourth-order valence-corrected chi connectivity index (χ4v) is 2.78. The molecule has 2 fully saturated rings. The molecule has 92 valence electrons. The van der Waals surface area contributed by atoms with Gasteiger partial charge in [-0.15, -0.1) is 0 Å². The molecule has 0 radical (unpaired) electrons. The minimum Gasteiger partial charge on any atom is -0.387 e. The second-order valence-corrected chi connectivity index (χ2v) is 5.21. The zero-order valence-electron chi connectivity index (χ0n) is 10.1. The first-order valence-electron chi connectivity index (χ1n) is 6.35. The Labute approximate surface area is 97.2 Å². The largest absolute Gasteiger partial charge is 0.387 e. The molecule has 0 aromatic carbocycles. The Kier molecular flexibility index (Phi) is 3.50. The van der Waals surface area contributed by atoms with Crippen molar-refractivity contribution in [3.05, 3.63) is 0 Å². The molecule has 1 N–H and O–H groups in total. The van der Waals surface area contributed by atoms with E-state index in [-0.39, 0.29) is 5.91 Å². The van der Waals surface area contributed by atoms with Gasteiger partial charge in [0.1, 0.15) is 0 Å². The van der Waals surface area contributed by atoms with Gasteiger partial charge >= 0.3 is 0 Å². The topological polar surface area (TPSA) is 43.8 Å². The number of rotatable bonds is 4. The van der Waals surface area contributed by atoms with Gasteiger partial charge in [-0.3, -0.25) is 9.69 Å². The third kappa shape index (κ3) is 2.55. The van der Waals surface area contributed by atoms with E-state index in [0.717, 1.165) is 38.8 Å². The van der Waals surface area contributed by atoms with Gasteiger partial charge in [0, 0.05) is 26.2 Å². The summed E-state index contributed by atoms with van der Waals surface area (Å²) in [7, 11) is 0. The SMILES string of the molecule is CCCC1(O)CN(CC(=O)N2CCCC2)C1. The maximum Gasteiger partial charge on any atom is 0.236 e. The van der Waals surface area contributed by atoms with Crippen LogP contribution in [0, 0.1) is 0 Å². The number of β-amino-alcohol motifs (C(OH)–C–C–N with tert-alkyl or cyclic N) is 1. The molecule has 0 aromatic rings. The fourth-order valence-electron chi connectivity index (χ4n) is 2.78. The Bertz CT molecular complexity index is 256. The van der Waals surface area contributed by atoms with E-state index in [1.165, 1.54) is 0 Å². The normalized spacial score (nSPS) is 24.5. The molecule has 2 saturated heterocycles. The lowest BCUT2D eigenvalue weighted by Gasteiger charge is -2.46. The molecule has 16 heavy (non-hydrogen) atoms. The molecule has 2 aliphatic heterocycles. The van der Waals surface area contributed by atoms with E-state index in [2.05, 4.69) is 11.8 Å². The molecule has 2 heterocycles. The molecular formula is C12H22N2O2. The number of carbonyl (C=O) groups is 1. The van der Waals surface area contributed by atoms with Crippen molar-refractivity contribution in [1.82, 2.24) is 9.80 Å². The van der Waals surface area contributed by atoms with Gasteiger partial charge in [-0.05, 0) is 19.3 Å². The Balaban J connectivity index is 1.70. The van der Waals surface area contributed by atoms with Gasteiger partial charge in [-0.1, -0.05) is 13.3 Å². The van der Waals surface area contributed by atoms with E-state index < -0.39 is 5.60 Å². The lowest BCUT2D eigenvalue weighted by molar-refractivity contribution is -0.141. The van der Waals surface area contributed by atoms with Crippen LogP contribution in [-0.4, -0.2) is 59.1 Å². The molecular weight excluding hydrogens is 204 g/mol. The summed E-state index contributed by atoms with van der Waals surface area (Å²) in [5.41, 5.74) is -0.514. The standard InChI is InChI=1S/C12H22N2O2/c1-2-5-12(16)9-13(10-12)8-11(15)14-6-3-4-7-14/h16H,2-10H2,1H3. The Morgan fingerprint density at radius 3 is 2.50 bits per heavy atom. The van der Waals surface area contributed by atoms with Crippen molar-refractivity contribution < 1.29 is 9.90 Å². The zero-order chi connectivity index (χ0) is 11.6. The van der Waals surface area contributed by atoms with E-state index in [9.17, 15) is 9.90 Å². The van der Waals surface area contributed by atoms with Crippen LogP contribution >= 0.6 is 0 Å². The second-order valence-electron chi connectivity index (χ2n) is 5.21. The van der Waals surface area contributed by atoms with Gasteiger partial charge < -0.3 is 10.0 Å². The maximum absolute atomic E-state index is 11.8. The lowest BCUT2D eigenvalue weighted by atomic mass is 9.89. The van der Waals surface area contributed by atoms with E-state index in [4.69, 9.17) is 0 Å². The van der Waals surface area contributed by atoms with E-state index >= 15 is 0 Å². The van der Waals surface area contributed by atoms with Crippen LogP contribution < -0.4 is 0 Å². The average Bonchev–Trinajstić information content (AvgIpc) is 2.68. The summed E-state index contributed by atoms with van der Waals surface area (Å²) in [6.07, 6.45) is 4.14. The zero-order valence-corrected chi connectivity index (χ0v) is 10.1. The maximum atomic E-state index is 11.8. The molecule has 0 aromatic heterocycles. The van der Waals surface area contributed by atoms with Crippen molar-refractivity contribution >= 4 is 5.91 Å². The molecule has 2 aliphatic rings. The van der Waals surface area contributed by atoms with Crippen LogP contribution in [0.3, 0.4) is 0 Å². The van der Waals surface area contributed by atoms with Gasteiger partial charge in [0.15, 0.2) is 0 Å². The summed E-state index contributed by atoms with van der Waals surface area (Å²) < 4.78 is 0. The summed E-state index contributed by atoms with van der Waals surface area (Å²) in [5.74, 6) is 0.232. The predicted molar refractivity (Wildman–Crippen MR) is 62.1 cm³/mol. The number of amides is 1. The Hall–Kier alpha value is -0.610. The van der Waals surface area contributed by atoms with Crippen molar-refractivity contribution in [2.75, 3.05) is 32.7 Å². The highest BCUT2D eigenvalue weighted by molar-refractivity contribution is 5.78. The predicted octanol–water partition coefficient (Wildman–Crippen LogP) is 0.456. The van der Waals surface area contributed by atoms with E-state index in [1.807, 2.05) is 4.90 Å². The quantitative estimate of drug-likeness (QED) is 0.757. The Morgan fingerprint density at radius 2 is 1.94 bits per heavy atom. The molecule has 2 rings (SSSR count). The van der Waals surface area contributed by atoms with Crippen LogP contribution in [0.15, 0.2) is 0 Å². The molecule has 4 heteroatoms. The minimum atomic E-state index is -0.514. The summed E-state index contributed by atoms with van der Waals surface area (Å²) in [4.78, 5) is 15.8. The smallest absolute Gasteiger partial charge is 0.236 e. The summed E-state index contributed by atoms with van der Waals surface area (Å²) in [5, 5.41) is 9.99. The third-order valence-electron chi connectivity index (χ3n) is 3.57. The van der Waals surface area contributed by atoms with E-state index in [0.29, 0.717) is 19.6 Å². The first kappa shape index (κ1) is 11.9. The van der Waals surface area contributed by atoms with Crippen molar-refractivity contribution in [3.8, 4) is 0 Å². The van der Waals surface area contributed by atoms with Crippen LogP contribution in [0.1, 0.15) is 32.6 Å². The van der Waals surface area contributed by atoms with Crippen molar-refractivity contribution in [2.24, 2.45) is 0 Å². The molecule has 4 nitrogen and oxygen atoms in total. The summed E-state index contributed by atoms with van der Waals surface area (Å²) >= 11 is 0. The Morgan fingerprint density at radius 1 is 1.31 bits per heavy atom. The fraction of sp³-hybridized carbons (Fsp3) is 0.917. The molecule has 0 unspecified atom stereocenters. The van der Waals surface area contributed by atoms with Crippen molar-refractivity contribution in [2.45, 2.75) is 38.2 Å². The van der Waals surface area contributed by atoms with Gasteiger partial charge in [-0.2, -0.15) is 0 Å². The number of carbonyl (C=O) groups excluding carboxylic acids is 1. The lowest BCUT2D eigenvalue weighted by Crippen LogP contribution is -2.63. The van der Waals surface area contributed by atoms with Crippen LogP contribution in [0.25, 0.3) is 0 Å². The van der Waals surface area contributed by atoms with Gasteiger partial charge in [0.2, 0.25) is 5.91 Å². The van der Waals surface area contributed by atoms with Crippen LogP contribution in [0.2, 0.25) is 0 Å². The van der Waals surface area contributed by atoms with Crippen molar-refractivity contribution in [3.63, 3.8) is 0 Å². The minimum absolute atomic E-state index is 0.232. The summed E-state index contributed by atoms with van der Waals surface area (Å²) in [6, 6.07) is 0. The van der Waals surface area contributed by atoms with Gasteiger partial charge in [0.25, 0.3) is 0 Å². The van der Waals surface area contributed by atoms with Gasteiger partial charge in [0.05, 0.1) is 12.1 Å². The molecule has 0 aliphatic carbocycles. The summed E-state index contributed by atoms with van der Waals surface area (Å²) in [6.45, 7) is 5.75. The monoisotopic (exact) mass is 226 g/mol. The number of nitrogens with zero attached hydrogens (tertiary/aromatic N) is 2. The number of aliphatic hydroxyl groups is 1. The number of hydrogen-bond donors (Lipinski definition) is 1. The highest BCUT2D eigenvalue weighted by Gasteiger charge is 2.41. The van der Waals surface area contributed by atoms with Gasteiger partial charge in [-0.25, -0.2) is 0 Å². The van der Waals surface area contributed by atoms with Crippen LogP contribution in [-0.2, 0) is 4.79 Å². The average molecular weight is 226 g/mol. The van der Waals surface area contributed by atoms with E-state index in [1.54, 1.807) is 0 Å². The molecule has 1 amide bonds.